The number of rotatable bonds is 5. The molecule has 3 heteroatoms. The van der Waals surface area contributed by atoms with Gasteiger partial charge >= 0.3 is 0 Å². The summed E-state index contributed by atoms with van der Waals surface area (Å²) in [6.45, 7) is 8.30. The third-order valence-corrected chi connectivity index (χ3v) is 3.77. The van der Waals surface area contributed by atoms with Crippen LogP contribution in [-0.2, 0) is 0 Å². The molecule has 0 saturated carbocycles. The Morgan fingerprint density at radius 1 is 1.26 bits per heavy atom. The average molecular weight is 262 g/mol. The van der Waals surface area contributed by atoms with Gasteiger partial charge in [-0.2, -0.15) is 0 Å². The Morgan fingerprint density at radius 2 is 2.00 bits per heavy atom. The highest BCUT2D eigenvalue weighted by molar-refractivity contribution is 5.38. The van der Waals surface area contributed by atoms with Gasteiger partial charge < -0.3 is 10.5 Å². The van der Waals surface area contributed by atoms with Crippen LogP contribution in [0.15, 0.2) is 18.2 Å². The molecule has 1 heterocycles. The number of piperidine rings is 1. The first-order chi connectivity index (χ1) is 9.16. The van der Waals surface area contributed by atoms with Gasteiger partial charge in [0, 0.05) is 18.2 Å². The van der Waals surface area contributed by atoms with Gasteiger partial charge in [0.15, 0.2) is 0 Å². The average Bonchev–Trinajstić information content (AvgIpc) is 2.39. The Hall–Kier alpha value is -1.06. The molecule has 0 unspecified atom stereocenters. The van der Waals surface area contributed by atoms with Gasteiger partial charge in [-0.05, 0) is 51.4 Å². The van der Waals surface area contributed by atoms with E-state index in [0.717, 1.165) is 24.5 Å². The zero-order chi connectivity index (χ0) is 13.7. The maximum atomic E-state index is 5.99. The number of aryl methyl sites for hydroxylation is 1. The molecule has 0 aliphatic carbocycles. The van der Waals surface area contributed by atoms with Crippen LogP contribution in [0.2, 0.25) is 0 Å². The summed E-state index contributed by atoms with van der Waals surface area (Å²) in [6, 6.07) is 6.28. The summed E-state index contributed by atoms with van der Waals surface area (Å²) in [6.07, 6.45) is 4.04. The van der Waals surface area contributed by atoms with Crippen LogP contribution in [0.25, 0.3) is 0 Å². The summed E-state index contributed by atoms with van der Waals surface area (Å²) in [4.78, 5) is 2.49. The standard InChI is InChI=1S/C16H26N2O/c1-13-6-7-15(14(2)17)16(12-13)19-11-10-18-8-4-3-5-9-18/h6-7,12,14H,3-5,8-11,17H2,1-2H3/t14-/m1/s1. The second-order valence-corrected chi connectivity index (χ2v) is 5.58. The molecule has 2 N–H and O–H groups in total. The first-order valence-electron chi connectivity index (χ1n) is 7.38. The highest BCUT2D eigenvalue weighted by atomic mass is 16.5. The highest BCUT2D eigenvalue weighted by Crippen LogP contribution is 2.25. The van der Waals surface area contributed by atoms with E-state index in [1.807, 2.05) is 6.92 Å². The lowest BCUT2D eigenvalue weighted by atomic mass is 10.1. The van der Waals surface area contributed by atoms with Crippen LogP contribution >= 0.6 is 0 Å². The van der Waals surface area contributed by atoms with Crippen LogP contribution in [0, 0.1) is 6.92 Å². The third-order valence-electron chi connectivity index (χ3n) is 3.77. The minimum Gasteiger partial charge on any atom is -0.492 e. The fourth-order valence-corrected chi connectivity index (χ4v) is 2.61. The molecule has 1 saturated heterocycles. The summed E-state index contributed by atoms with van der Waals surface area (Å²) in [5.41, 5.74) is 8.31. The molecule has 2 rings (SSSR count). The van der Waals surface area contributed by atoms with Crippen molar-refractivity contribution in [2.24, 2.45) is 5.73 Å². The lowest BCUT2D eigenvalue weighted by molar-refractivity contribution is 0.182. The Morgan fingerprint density at radius 3 is 2.68 bits per heavy atom. The van der Waals surface area contributed by atoms with E-state index in [2.05, 4.69) is 30.0 Å². The van der Waals surface area contributed by atoms with Gasteiger partial charge in [-0.15, -0.1) is 0 Å². The lowest BCUT2D eigenvalue weighted by Crippen LogP contribution is -2.33. The second-order valence-electron chi connectivity index (χ2n) is 5.58. The number of likely N-dealkylation sites (tertiary alicyclic amines) is 1. The zero-order valence-corrected chi connectivity index (χ0v) is 12.2. The van der Waals surface area contributed by atoms with E-state index in [0.29, 0.717) is 0 Å². The summed E-state index contributed by atoms with van der Waals surface area (Å²) in [5.74, 6) is 0.951. The first-order valence-corrected chi connectivity index (χ1v) is 7.38. The maximum Gasteiger partial charge on any atom is 0.124 e. The van der Waals surface area contributed by atoms with E-state index < -0.39 is 0 Å². The van der Waals surface area contributed by atoms with Crippen molar-refractivity contribution < 1.29 is 4.74 Å². The largest absolute Gasteiger partial charge is 0.492 e. The van der Waals surface area contributed by atoms with Crippen LogP contribution in [0.3, 0.4) is 0 Å². The number of nitrogens with zero attached hydrogens (tertiary/aromatic N) is 1. The predicted molar refractivity (Wildman–Crippen MR) is 79.6 cm³/mol. The molecule has 0 spiro atoms. The molecule has 1 atom stereocenters. The molecular formula is C16H26N2O. The van der Waals surface area contributed by atoms with Crippen molar-refractivity contribution in [3.8, 4) is 5.75 Å². The second kappa shape index (κ2) is 6.92. The van der Waals surface area contributed by atoms with Crippen molar-refractivity contribution in [1.82, 2.24) is 4.90 Å². The Bertz CT molecular complexity index is 398. The molecule has 3 nitrogen and oxygen atoms in total. The minimum atomic E-state index is 0.0191. The highest BCUT2D eigenvalue weighted by Gasteiger charge is 2.11. The monoisotopic (exact) mass is 262 g/mol. The molecule has 1 aromatic carbocycles. The molecule has 1 aromatic rings. The van der Waals surface area contributed by atoms with Crippen molar-refractivity contribution in [2.75, 3.05) is 26.2 Å². The van der Waals surface area contributed by atoms with Crippen LogP contribution in [0.4, 0.5) is 0 Å². The fraction of sp³-hybridized carbons (Fsp3) is 0.625. The molecule has 0 amide bonds. The molecule has 19 heavy (non-hydrogen) atoms. The van der Waals surface area contributed by atoms with Crippen LogP contribution in [0.5, 0.6) is 5.75 Å². The number of nitrogens with two attached hydrogens (primary N) is 1. The van der Waals surface area contributed by atoms with E-state index in [9.17, 15) is 0 Å². The van der Waals surface area contributed by atoms with Gasteiger partial charge in [0.2, 0.25) is 0 Å². The third kappa shape index (κ3) is 4.22. The normalized spacial score (nSPS) is 18.3. The molecular weight excluding hydrogens is 236 g/mol. The van der Waals surface area contributed by atoms with Crippen LogP contribution in [-0.4, -0.2) is 31.1 Å². The van der Waals surface area contributed by atoms with Crippen molar-refractivity contribution >= 4 is 0 Å². The summed E-state index contributed by atoms with van der Waals surface area (Å²) < 4.78 is 5.96. The van der Waals surface area contributed by atoms with E-state index in [4.69, 9.17) is 10.5 Å². The van der Waals surface area contributed by atoms with Crippen LogP contribution < -0.4 is 10.5 Å². The van der Waals surface area contributed by atoms with Gasteiger partial charge in [0.25, 0.3) is 0 Å². The van der Waals surface area contributed by atoms with E-state index >= 15 is 0 Å². The topological polar surface area (TPSA) is 38.5 Å². The van der Waals surface area contributed by atoms with Gasteiger partial charge in [-0.3, -0.25) is 4.90 Å². The number of hydrogen-bond donors (Lipinski definition) is 1. The summed E-state index contributed by atoms with van der Waals surface area (Å²) in [5, 5.41) is 0. The number of ether oxygens (including phenoxy) is 1. The van der Waals surface area contributed by atoms with Gasteiger partial charge in [-0.1, -0.05) is 18.6 Å². The summed E-state index contributed by atoms with van der Waals surface area (Å²) in [7, 11) is 0. The molecule has 1 aliphatic rings. The molecule has 0 aromatic heterocycles. The predicted octanol–water partition coefficient (Wildman–Crippen LogP) is 2.88. The number of hydrogen-bond acceptors (Lipinski definition) is 3. The van der Waals surface area contributed by atoms with Crippen molar-refractivity contribution in [3.05, 3.63) is 29.3 Å². The fourth-order valence-electron chi connectivity index (χ4n) is 2.61. The van der Waals surface area contributed by atoms with Gasteiger partial charge in [0.05, 0.1) is 0 Å². The van der Waals surface area contributed by atoms with E-state index in [1.165, 1.54) is 37.9 Å². The van der Waals surface area contributed by atoms with Crippen molar-refractivity contribution in [1.29, 1.82) is 0 Å². The van der Waals surface area contributed by atoms with E-state index in [1.54, 1.807) is 0 Å². The Balaban J connectivity index is 1.89. The zero-order valence-electron chi connectivity index (χ0n) is 12.2. The van der Waals surface area contributed by atoms with Crippen molar-refractivity contribution in [3.63, 3.8) is 0 Å². The maximum absolute atomic E-state index is 5.99. The quantitative estimate of drug-likeness (QED) is 0.886. The smallest absolute Gasteiger partial charge is 0.124 e. The first kappa shape index (κ1) is 14.4. The molecule has 1 aliphatic heterocycles. The SMILES string of the molecule is Cc1ccc([C@@H](C)N)c(OCCN2CCCCC2)c1. The Kier molecular flexibility index (Phi) is 5.23. The van der Waals surface area contributed by atoms with Gasteiger partial charge in [0.1, 0.15) is 12.4 Å². The molecule has 0 radical (unpaired) electrons. The number of benzene rings is 1. The van der Waals surface area contributed by atoms with E-state index in [-0.39, 0.29) is 6.04 Å². The minimum absolute atomic E-state index is 0.0191. The Labute approximate surface area is 116 Å². The molecule has 106 valence electrons. The molecule has 0 bridgehead atoms. The summed E-state index contributed by atoms with van der Waals surface area (Å²) >= 11 is 0. The van der Waals surface area contributed by atoms with Crippen LogP contribution in [0.1, 0.15) is 43.4 Å². The molecule has 1 fully saturated rings. The lowest BCUT2D eigenvalue weighted by Gasteiger charge is -2.26. The van der Waals surface area contributed by atoms with Crippen molar-refractivity contribution in [2.45, 2.75) is 39.2 Å². The van der Waals surface area contributed by atoms with Gasteiger partial charge in [-0.25, -0.2) is 0 Å².